The van der Waals surface area contributed by atoms with E-state index in [4.69, 9.17) is 9.47 Å². The van der Waals surface area contributed by atoms with E-state index in [1.807, 2.05) is 25.1 Å². The molecule has 0 spiro atoms. The van der Waals surface area contributed by atoms with Crippen LogP contribution in [-0.4, -0.2) is 31.9 Å². The highest BCUT2D eigenvalue weighted by atomic mass is 16.5. The number of ether oxygens (including phenoxy) is 2. The summed E-state index contributed by atoms with van der Waals surface area (Å²) in [5.41, 5.74) is 4.28. The van der Waals surface area contributed by atoms with Gasteiger partial charge in [-0.15, -0.1) is 0 Å². The molecule has 0 bridgehead atoms. The number of hydrazine groups is 1. The van der Waals surface area contributed by atoms with Gasteiger partial charge < -0.3 is 14.8 Å². The van der Waals surface area contributed by atoms with Gasteiger partial charge in [0.1, 0.15) is 11.5 Å². The fourth-order valence-corrected chi connectivity index (χ4v) is 4.30. The van der Waals surface area contributed by atoms with E-state index in [2.05, 4.69) is 10.7 Å². The molecule has 2 aromatic rings. The van der Waals surface area contributed by atoms with Gasteiger partial charge in [0.2, 0.25) is 11.8 Å². The second-order valence-electron chi connectivity index (χ2n) is 8.16. The third-order valence-corrected chi connectivity index (χ3v) is 6.15. The molecule has 4 rings (SSSR count). The highest BCUT2D eigenvalue weighted by Gasteiger charge is 2.42. The van der Waals surface area contributed by atoms with Crippen molar-refractivity contribution in [2.75, 3.05) is 19.2 Å². The summed E-state index contributed by atoms with van der Waals surface area (Å²) >= 11 is 0. The number of methoxy groups -OCH3 is 2. The van der Waals surface area contributed by atoms with Gasteiger partial charge in [0.15, 0.2) is 0 Å². The van der Waals surface area contributed by atoms with E-state index >= 15 is 0 Å². The Morgan fingerprint density at radius 2 is 1.82 bits per heavy atom. The van der Waals surface area contributed by atoms with Crippen LogP contribution in [0.3, 0.4) is 0 Å². The quantitative estimate of drug-likeness (QED) is 0.661. The van der Waals surface area contributed by atoms with Crippen molar-refractivity contribution in [1.82, 2.24) is 10.7 Å². The second kappa shape index (κ2) is 9.36. The molecule has 3 unspecified atom stereocenters. The largest absolute Gasteiger partial charge is 0.497 e. The number of hydrogen-bond acceptors (Lipinski definition) is 5. The van der Waals surface area contributed by atoms with E-state index in [9.17, 15) is 14.4 Å². The van der Waals surface area contributed by atoms with Gasteiger partial charge >= 0.3 is 0 Å². The van der Waals surface area contributed by atoms with Crippen molar-refractivity contribution in [1.29, 1.82) is 0 Å². The Morgan fingerprint density at radius 1 is 1.06 bits per heavy atom. The van der Waals surface area contributed by atoms with Crippen molar-refractivity contribution < 1.29 is 23.9 Å². The van der Waals surface area contributed by atoms with Crippen molar-refractivity contribution in [2.45, 2.75) is 25.8 Å². The second-order valence-corrected chi connectivity index (χ2v) is 8.16. The molecule has 1 saturated heterocycles. The molecule has 2 N–H and O–H groups in total. The number of amides is 3. The Labute approximate surface area is 192 Å². The first-order chi connectivity index (χ1) is 15.9. The van der Waals surface area contributed by atoms with Gasteiger partial charge in [-0.2, -0.15) is 0 Å². The number of fused-ring (bicyclic) bond motifs is 1. The highest BCUT2D eigenvalue weighted by Crippen LogP contribution is 2.33. The van der Waals surface area contributed by atoms with Gasteiger partial charge in [-0.05, 0) is 56.2 Å². The molecule has 1 aliphatic heterocycles. The predicted molar refractivity (Wildman–Crippen MR) is 123 cm³/mol. The summed E-state index contributed by atoms with van der Waals surface area (Å²) in [5.74, 6) is -0.109. The standard InChI is InChI=1S/C25H27N3O5/c1-15(21-14-18(32-2)11-12-22(21)33-3)26-23(29)16-7-6-8-17(13-16)28-25(31)20-10-5-4-9-19(20)24(30)27-28/h4-8,11-15,19-20H,9-10H2,1-3H3,(H,26,29)(H,27,30). The topological polar surface area (TPSA) is 97.0 Å². The van der Waals surface area contributed by atoms with Crippen molar-refractivity contribution in [3.63, 3.8) is 0 Å². The number of benzene rings is 2. The molecule has 0 aromatic heterocycles. The smallest absolute Gasteiger partial charge is 0.251 e. The minimum absolute atomic E-state index is 0.170. The number of carbonyl (C=O) groups is 3. The maximum Gasteiger partial charge on any atom is 0.251 e. The molecule has 8 heteroatoms. The SMILES string of the molecule is COc1ccc(OC)c(C(C)NC(=O)c2cccc(N3NC(=O)C4CC=CCC4C3=O)c2)c1. The van der Waals surface area contributed by atoms with Gasteiger partial charge in [-0.1, -0.05) is 18.2 Å². The maximum absolute atomic E-state index is 13.0. The molecule has 3 amide bonds. The molecule has 1 aliphatic carbocycles. The molecule has 3 atom stereocenters. The van der Waals surface area contributed by atoms with Gasteiger partial charge in [0, 0.05) is 11.1 Å². The Balaban J connectivity index is 1.53. The van der Waals surface area contributed by atoms with Crippen LogP contribution in [0.5, 0.6) is 11.5 Å². The Morgan fingerprint density at radius 3 is 2.55 bits per heavy atom. The first kappa shape index (κ1) is 22.4. The summed E-state index contributed by atoms with van der Waals surface area (Å²) in [6.45, 7) is 1.85. The number of anilines is 1. The number of nitrogens with one attached hydrogen (secondary N) is 2. The number of hydrogen-bond donors (Lipinski definition) is 2. The lowest BCUT2D eigenvalue weighted by molar-refractivity contribution is -0.139. The van der Waals surface area contributed by atoms with Crippen LogP contribution in [0.1, 0.15) is 41.7 Å². The third-order valence-electron chi connectivity index (χ3n) is 6.15. The average molecular weight is 450 g/mol. The zero-order valence-corrected chi connectivity index (χ0v) is 18.8. The molecule has 2 aliphatic rings. The molecular weight excluding hydrogens is 422 g/mol. The summed E-state index contributed by atoms with van der Waals surface area (Å²) in [6, 6.07) is 11.7. The van der Waals surface area contributed by atoms with E-state index in [1.54, 1.807) is 50.6 Å². The minimum atomic E-state index is -0.387. The lowest BCUT2D eigenvalue weighted by atomic mass is 9.80. The molecule has 1 fully saturated rings. The van der Waals surface area contributed by atoms with Crippen LogP contribution in [0.2, 0.25) is 0 Å². The van der Waals surface area contributed by atoms with Crippen LogP contribution < -0.4 is 25.2 Å². The Hall–Kier alpha value is -3.81. The molecular formula is C25H27N3O5. The predicted octanol–water partition coefficient (Wildman–Crippen LogP) is 3.16. The van der Waals surface area contributed by atoms with Crippen LogP contribution in [0.4, 0.5) is 5.69 Å². The van der Waals surface area contributed by atoms with Crippen LogP contribution in [0, 0.1) is 11.8 Å². The molecule has 8 nitrogen and oxygen atoms in total. The first-order valence-electron chi connectivity index (χ1n) is 10.8. The number of nitrogens with zero attached hydrogens (tertiary/aromatic N) is 1. The highest BCUT2D eigenvalue weighted by molar-refractivity contribution is 6.05. The summed E-state index contributed by atoms with van der Waals surface area (Å²) in [5, 5.41) is 4.22. The van der Waals surface area contributed by atoms with Crippen molar-refractivity contribution in [2.24, 2.45) is 11.8 Å². The van der Waals surface area contributed by atoms with Crippen LogP contribution >= 0.6 is 0 Å². The van der Waals surface area contributed by atoms with Gasteiger partial charge in [0.25, 0.3) is 5.91 Å². The molecule has 0 saturated carbocycles. The molecule has 1 heterocycles. The summed E-state index contributed by atoms with van der Waals surface area (Å²) in [7, 11) is 3.15. The lowest BCUT2D eigenvalue weighted by Crippen LogP contribution is -2.59. The van der Waals surface area contributed by atoms with E-state index in [-0.39, 0.29) is 35.6 Å². The monoisotopic (exact) mass is 449 g/mol. The summed E-state index contributed by atoms with van der Waals surface area (Å²) in [6.07, 6.45) is 4.97. The fourth-order valence-electron chi connectivity index (χ4n) is 4.30. The fraction of sp³-hybridized carbons (Fsp3) is 0.320. The number of carbonyl (C=O) groups excluding carboxylic acids is 3. The number of rotatable bonds is 6. The van der Waals surface area contributed by atoms with Gasteiger partial charge in [-0.3, -0.25) is 19.8 Å². The Kier molecular flexibility index (Phi) is 6.35. The zero-order chi connectivity index (χ0) is 23.5. The molecule has 0 radical (unpaired) electrons. The molecule has 2 aromatic carbocycles. The van der Waals surface area contributed by atoms with E-state index < -0.39 is 0 Å². The Bertz CT molecular complexity index is 1110. The molecule has 33 heavy (non-hydrogen) atoms. The zero-order valence-electron chi connectivity index (χ0n) is 18.8. The maximum atomic E-state index is 13.0. The van der Waals surface area contributed by atoms with Crippen molar-refractivity contribution in [3.05, 3.63) is 65.7 Å². The summed E-state index contributed by atoms with van der Waals surface area (Å²) in [4.78, 5) is 38.6. The normalized spacial score (nSPS) is 20.5. The number of allylic oxidation sites excluding steroid dienone is 2. The third kappa shape index (κ3) is 4.41. The van der Waals surface area contributed by atoms with E-state index in [0.717, 1.165) is 5.56 Å². The first-order valence-corrected chi connectivity index (χ1v) is 10.8. The van der Waals surface area contributed by atoms with Crippen LogP contribution in [0.15, 0.2) is 54.6 Å². The van der Waals surface area contributed by atoms with Gasteiger partial charge in [0.05, 0.1) is 37.8 Å². The molecule has 172 valence electrons. The van der Waals surface area contributed by atoms with E-state index in [1.165, 1.54) is 5.01 Å². The van der Waals surface area contributed by atoms with Crippen molar-refractivity contribution in [3.8, 4) is 11.5 Å². The van der Waals surface area contributed by atoms with Crippen LogP contribution in [0.25, 0.3) is 0 Å². The minimum Gasteiger partial charge on any atom is -0.497 e. The van der Waals surface area contributed by atoms with Gasteiger partial charge in [-0.25, -0.2) is 5.01 Å². The van der Waals surface area contributed by atoms with E-state index in [0.29, 0.717) is 35.6 Å². The van der Waals surface area contributed by atoms with Crippen molar-refractivity contribution >= 4 is 23.4 Å². The summed E-state index contributed by atoms with van der Waals surface area (Å²) < 4.78 is 10.7. The average Bonchev–Trinajstić information content (AvgIpc) is 2.85. The van der Waals surface area contributed by atoms with Crippen LogP contribution in [-0.2, 0) is 9.59 Å². The lowest BCUT2D eigenvalue weighted by Gasteiger charge is -2.38.